The summed E-state index contributed by atoms with van der Waals surface area (Å²) >= 11 is 0. The van der Waals surface area contributed by atoms with Crippen molar-refractivity contribution in [2.75, 3.05) is 13.2 Å². The molecule has 96 valence electrons. The standard InChI is InChI=1S/C7H12F3O5P/c1-2-3-4-14-6(11)16(12,13)15-5-7(8,9)10/h2-5H2,1H3,(H,12,13). The molecule has 0 aromatic rings. The first kappa shape index (κ1) is 15.4. The predicted octanol–water partition coefficient (Wildman–Crippen LogP) is 2.69. The van der Waals surface area contributed by atoms with Crippen molar-refractivity contribution in [1.29, 1.82) is 0 Å². The Morgan fingerprint density at radius 1 is 1.44 bits per heavy atom. The third-order valence-corrected chi connectivity index (χ3v) is 2.43. The van der Waals surface area contributed by atoms with Crippen molar-refractivity contribution in [1.82, 2.24) is 0 Å². The topological polar surface area (TPSA) is 72.8 Å². The molecule has 0 saturated heterocycles. The van der Waals surface area contributed by atoms with Crippen molar-refractivity contribution < 1.29 is 36.7 Å². The molecule has 1 atom stereocenters. The van der Waals surface area contributed by atoms with Crippen molar-refractivity contribution in [2.45, 2.75) is 25.9 Å². The minimum absolute atomic E-state index is 0.130. The number of ether oxygens (including phenoxy) is 1. The lowest BCUT2D eigenvalue weighted by atomic mass is 10.4. The highest BCUT2D eigenvalue weighted by Crippen LogP contribution is 2.45. The highest BCUT2D eigenvalue weighted by Gasteiger charge is 2.38. The lowest BCUT2D eigenvalue weighted by molar-refractivity contribution is -0.154. The minimum Gasteiger partial charge on any atom is -0.457 e. The van der Waals surface area contributed by atoms with Gasteiger partial charge in [-0.3, -0.25) is 4.52 Å². The van der Waals surface area contributed by atoms with Crippen LogP contribution in [0.5, 0.6) is 0 Å². The van der Waals surface area contributed by atoms with Gasteiger partial charge in [-0.2, -0.15) is 13.2 Å². The van der Waals surface area contributed by atoms with Crippen LogP contribution < -0.4 is 0 Å². The molecule has 0 radical (unpaired) electrons. The molecule has 0 bridgehead atoms. The molecule has 5 nitrogen and oxygen atoms in total. The normalized spacial score (nSPS) is 15.6. The van der Waals surface area contributed by atoms with Crippen molar-refractivity contribution in [3.63, 3.8) is 0 Å². The van der Waals surface area contributed by atoms with Crippen LogP contribution in [0.3, 0.4) is 0 Å². The summed E-state index contributed by atoms with van der Waals surface area (Å²) in [6, 6.07) is 0. The molecule has 0 aliphatic heterocycles. The van der Waals surface area contributed by atoms with Crippen molar-refractivity contribution >= 4 is 13.3 Å². The maximum Gasteiger partial charge on any atom is 0.436 e. The van der Waals surface area contributed by atoms with Crippen molar-refractivity contribution in [2.24, 2.45) is 0 Å². The Kier molecular flexibility index (Phi) is 5.99. The average molecular weight is 264 g/mol. The summed E-state index contributed by atoms with van der Waals surface area (Å²) in [5.74, 6) is 0. The van der Waals surface area contributed by atoms with E-state index in [1.807, 2.05) is 0 Å². The summed E-state index contributed by atoms with van der Waals surface area (Å²) < 4.78 is 53.7. The predicted molar refractivity (Wildman–Crippen MR) is 48.1 cm³/mol. The Labute approximate surface area is 90.1 Å². The number of hydrogen-bond acceptors (Lipinski definition) is 4. The fourth-order valence-electron chi connectivity index (χ4n) is 0.599. The number of carbonyl (C=O) groups excluding carboxylic acids is 1. The molecule has 0 aliphatic rings. The summed E-state index contributed by atoms with van der Waals surface area (Å²) in [7, 11) is -5.00. The van der Waals surface area contributed by atoms with Gasteiger partial charge in [0.05, 0.1) is 6.61 Å². The summed E-state index contributed by atoms with van der Waals surface area (Å²) in [5, 5.41) is 0. The van der Waals surface area contributed by atoms with Gasteiger partial charge in [0.1, 0.15) is 0 Å². The van der Waals surface area contributed by atoms with Crippen LogP contribution in [0.2, 0.25) is 0 Å². The summed E-state index contributed by atoms with van der Waals surface area (Å²) in [6.45, 7) is -0.314. The van der Waals surface area contributed by atoms with Crippen LogP contribution in [0.15, 0.2) is 0 Å². The van der Waals surface area contributed by atoms with Gasteiger partial charge in [-0.15, -0.1) is 0 Å². The molecule has 16 heavy (non-hydrogen) atoms. The van der Waals surface area contributed by atoms with E-state index in [-0.39, 0.29) is 6.61 Å². The Balaban J connectivity index is 4.11. The van der Waals surface area contributed by atoms with Gasteiger partial charge < -0.3 is 9.63 Å². The number of rotatable bonds is 6. The lowest BCUT2D eigenvalue weighted by Crippen LogP contribution is -2.18. The van der Waals surface area contributed by atoms with Gasteiger partial charge >= 0.3 is 19.5 Å². The molecule has 0 saturated carbocycles. The van der Waals surface area contributed by atoms with Crippen LogP contribution in [0.4, 0.5) is 18.0 Å². The second kappa shape index (κ2) is 6.22. The van der Waals surface area contributed by atoms with Crippen LogP contribution >= 0.6 is 7.60 Å². The zero-order chi connectivity index (χ0) is 12.8. The first-order valence-corrected chi connectivity index (χ1v) is 5.98. The van der Waals surface area contributed by atoms with Gasteiger partial charge in [-0.05, 0) is 6.42 Å². The molecule has 0 aliphatic carbocycles. The van der Waals surface area contributed by atoms with E-state index in [9.17, 15) is 22.5 Å². The first-order valence-electron chi connectivity index (χ1n) is 4.40. The zero-order valence-corrected chi connectivity index (χ0v) is 9.38. The Morgan fingerprint density at radius 3 is 2.44 bits per heavy atom. The van der Waals surface area contributed by atoms with E-state index in [1.165, 1.54) is 0 Å². The molecule has 9 heteroatoms. The molecule has 0 aromatic carbocycles. The third-order valence-electron chi connectivity index (χ3n) is 1.36. The van der Waals surface area contributed by atoms with Crippen molar-refractivity contribution in [3.05, 3.63) is 0 Å². The van der Waals surface area contributed by atoms with Gasteiger partial charge in [-0.25, -0.2) is 9.36 Å². The van der Waals surface area contributed by atoms with Crippen molar-refractivity contribution in [3.8, 4) is 0 Å². The number of carbonyl (C=O) groups is 1. The van der Waals surface area contributed by atoms with Crippen LogP contribution in [-0.2, 0) is 13.8 Å². The number of hydrogen-bond donors (Lipinski definition) is 1. The Morgan fingerprint density at radius 2 is 2.00 bits per heavy atom. The van der Waals surface area contributed by atoms with Gasteiger partial charge in [0, 0.05) is 0 Å². The molecule has 1 N–H and O–H groups in total. The van der Waals surface area contributed by atoms with Gasteiger partial charge in [0.2, 0.25) is 0 Å². The number of alkyl halides is 3. The Hall–Kier alpha value is -0.590. The Bertz CT molecular complexity index is 278. The largest absolute Gasteiger partial charge is 0.457 e. The fourth-order valence-corrected chi connectivity index (χ4v) is 1.28. The number of unbranched alkanes of at least 4 members (excludes halogenated alkanes) is 1. The van der Waals surface area contributed by atoms with Gasteiger partial charge in [0.15, 0.2) is 6.61 Å². The monoisotopic (exact) mass is 264 g/mol. The summed E-state index contributed by atoms with van der Waals surface area (Å²) in [6.07, 6.45) is -3.65. The average Bonchev–Trinajstić information content (AvgIpc) is 2.14. The molecular weight excluding hydrogens is 252 g/mol. The van der Waals surface area contributed by atoms with E-state index >= 15 is 0 Å². The van der Waals surface area contributed by atoms with Crippen LogP contribution in [0.25, 0.3) is 0 Å². The molecule has 0 heterocycles. The second-order valence-electron chi connectivity index (χ2n) is 2.88. The zero-order valence-electron chi connectivity index (χ0n) is 8.49. The summed E-state index contributed by atoms with van der Waals surface area (Å²) in [5.41, 5.74) is -1.66. The van der Waals surface area contributed by atoms with Crippen LogP contribution in [0.1, 0.15) is 19.8 Å². The highest BCUT2D eigenvalue weighted by molar-refractivity contribution is 7.70. The SMILES string of the molecule is CCCCOC(=O)P(=O)(O)OCC(F)(F)F. The molecule has 0 spiro atoms. The first-order chi connectivity index (χ1) is 7.19. The van der Waals surface area contributed by atoms with E-state index in [0.29, 0.717) is 12.8 Å². The maximum absolute atomic E-state index is 11.6. The summed E-state index contributed by atoms with van der Waals surface area (Å²) in [4.78, 5) is 19.6. The van der Waals surface area contributed by atoms with Crippen LogP contribution in [-0.4, -0.2) is 30.0 Å². The lowest BCUT2D eigenvalue weighted by Gasteiger charge is -2.12. The molecule has 0 amide bonds. The van der Waals surface area contributed by atoms with E-state index in [2.05, 4.69) is 9.26 Å². The third kappa shape index (κ3) is 6.81. The second-order valence-corrected chi connectivity index (χ2v) is 4.54. The molecule has 0 aromatic heterocycles. The molecule has 0 rings (SSSR count). The molecule has 1 unspecified atom stereocenters. The van der Waals surface area contributed by atoms with Gasteiger partial charge in [-0.1, -0.05) is 13.3 Å². The van der Waals surface area contributed by atoms with Crippen LogP contribution in [0, 0.1) is 0 Å². The fraction of sp³-hybridized carbons (Fsp3) is 0.857. The number of halogens is 3. The van der Waals surface area contributed by atoms with E-state index in [4.69, 9.17) is 4.89 Å². The van der Waals surface area contributed by atoms with Gasteiger partial charge in [0.25, 0.3) is 0 Å². The van der Waals surface area contributed by atoms with E-state index in [1.54, 1.807) is 6.92 Å². The smallest absolute Gasteiger partial charge is 0.436 e. The molecule has 0 fully saturated rings. The van der Waals surface area contributed by atoms with E-state index < -0.39 is 26.1 Å². The minimum atomic E-state index is -5.00. The maximum atomic E-state index is 11.6. The molecular formula is C7H12F3O5P. The highest BCUT2D eigenvalue weighted by atomic mass is 31.2. The quantitative estimate of drug-likeness (QED) is 0.589. The van der Waals surface area contributed by atoms with E-state index in [0.717, 1.165) is 0 Å².